The number of halogens is 2. The third kappa shape index (κ3) is 9.20. The molecule has 1 unspecified atom stereocenters. The summed E-state index contributed by atoms with van der Waals surface area (Å²) in [6.45, 7) is 4.55. The van der Waals surface area contributed by atoms with E-state index in [0.717, 1.165) is 32.1 Å². The third-order valence-electron chi connectivity index (χ3n) is 3.87. The van der Waals surface area contributed by atoms with E-state index in [-0.39, 0.29) is 6.42 Å². The van der Waals surface area contributed by atoms with Gasteiger partial charge in [-0.3, -0.25) is 9.35 Å². The van der Waals surface area contributed by atoms with Crippen molar-refractivity contribution in [2.45, 2.75) is 71.0 Å². The van der Waals surface area contributed by atoms with Crippen molar-refractivity contribution in [2.75, 3.05) is 6.61 Å². The quantitative estimate of drug-likeness (QED) is 0.324. The molecule has 8 heteroatoms. The van der Waals surface area contributed by atoms with E-state index in [1.807, 2.05) is 13.8 Å². The molecule has 0 aliphatic rings. The molecule has 0 aromatic rings. The molecular weight excluding hydrogens is 330 g/mol. The van der Waals surface area contributed by atoms with Gasteiger partial charge in [-0.25, -0.2) is 0 Å². The van der Waals surface area contributed by atoms with Crippen LogP contribution in [0.4, 0.5) is 8.78 Å². The van der Waals surface area contributed by atoms with Crippen molar-refractivity contribution >= 4 is 16.1 Å². The summed E-state index contributed by atoms with van der Waals surface area (Å²) in [6.07, 6.45) is 5.93. The zero-order valence-corrected chi connectivity index (χ0v) is 14.9. The molecule has 0 heterocycles. The maximum atomic E-state index is 12.9. The number of unbranched alkanes of at least 4 members (excludes halogenated alkanes) is 3. The van der Waals surface area contributed by atoms with Crippen LogP contribution in [0, 0.1) is 11.8 Å². The van der Waals surface area contributed by atoms with Crippen molar-refractivity contribution < 1.29 is 31.3 Å². The van der Waals surface area contributed by atoms with E-state index in [0.29, 0.717) is 18.3 Å². The molecule has 1 N–H and O–H groups in total. The SMILES string of the molecule is CCCCCCC(CCC(=O)OCC(F)(F)S(=O)(=O)O)C(C)C. The average molecular weight is 358 g/mol. The lowest BCUT2D eigenvalue weighted by atomic mass is 9.86. The smallest absolute Gasteiger partial charge is 0.402 e. The number of alkyl halides is 2. The molecule has 0 aromatic heterocycles. The van der Waals surface area contributed by atoms with E-state index in [1.54, 1.807) is 0 Å². The van der Waals surface area contributed by atoms with Gasteiger partial charge in [-0.1, -0.05) is 52.9 Å². The fourth-order valence-corrected chi connectivity index (χ4v) is 2.47. The molecule has 0 radical (unpaired) electrons. The predicted octanol–water partition coefficient (Wildman–Crippen LogP) is 4.03. The topological polar surface area (TPSA) is 80.7 Å². The number of hydrogen-bond donors (Lipinski definition) is 1. The van der Waals surface area contributed by atoms with Gasteiger partial charge in [-0.2, -0.15) is 17.2 Å². The van der Waals surface area contributed by atoms with Crippen LogP contribution in [0.25, 0.3) is 0 Å². The Kier molecular flexibility index (Phi) is 9.84. The first-order chi connectivity index (χ1) is 10.5. The minimum Gasteiger partial charge on any atom is -0.458 e. The summed E-state index contributed by atoms with van der Waals surface area (Å²) < 4.78 is 59.3. The normalized spacial score (nSPS) is 14.0. The lowest BCUT2D eigenvalue weighted by molar-refractivity contribution is -0.150. The molecule has 0 aliphatic carbocycles. The Balaban J connectivity index is 4.22. The van der Waals surface area contributed by atoms with E-state index in [2.05, 4.69) is 11.7 Å². The Bertz CT molecular complexity index is 449. The molecule has 0 aromatic carbocycles. The number of carbonyl (C=O) groups is 1. The van der Waals surface area contributed by atoms with Crippen LogP contribution in [0.2, 0.25) is 0 Å². The Morgan fingerprint density at radius 2 is 1.78 bits per heavy atom. The second-order valence-corrected chi connectivity index (χ2v) is 7.71. The molecule has 0 rings (SSSR count). The van der Waals surface area contributed by atoms with Crippen molar-refractivity contribution in [1.82, 2.24) is 0 Å². The van der Waals surface area contributed by atoms with Crippen molar-refractivity contribution in [3.05, 3.63) is 0 Å². The van der Waals surface area contributed by atoms with Crippen LogP contribution in [0.1, 0.15) is 65.7 Å². The maximum Gasteiger partial charge on any atom is 0.402 e. The summed E-state index contributed by atoms with van der Waals surface area (Å²) in [4.78, 5) is 11.5. The van der Waals surface area contributed by atoms with Gasteiger partial charge in [0.2, 0.25) is 0 Å². The first kappa shape index (κ1) is 22.2. The van der Waals surface area contributed by atoms with Crippen LogP contribution < -0.4 is 0 Å². The molecule has 138 valence electrons. The minimum absolute atomic E-state index is 0.0435. The molecule has 0 fully saturated rings. The second kappa shape index (κ2) is 10.2. The van der Waals surface area contributed by atoms with Crippen molar-refractivity contribution in [1.29, 1.82) is 0 Å². The summed E-state index contributed by atoms with van der Waals surface area (Å²) in [5.41, 5.74) is 0. The van der Waals surface area contributed by atoms with Crippen LogP contribution >= 0.6 is 0 Å². The van der Waals surface area contributed by atoms with Crippen LogP contribution in [0.3, 0.4) is 0 Å². The number of ether oxygens (including phenoxy) is 1. The largest absolute Gasteiger partial charge is 0.458 e. The molecule has 23 heavy (non-hydrogen) atoms. The first-order valence-corrected chi connectivity index (χ1v) is 9.45. The van der Waals surface area contributed by atoms with Crippen molar-refractivity contribution in [3.8, 4) is 0 Å². The highest BCUT2D eigenvalue weighted by molar-refractivity contribution is 7.86. The molecule has 0 amide bonds. The summed E-state index contributed by atoms with van der Waals surface area (Å²) >= 11 is 0. The highest BCUT2D eigenvalue weighted by Gasteiger charge is 2.45. The first-order valence-electron chi connectivity index (χ1n) is 8.01. The maximum absolute atomic E-state index is 12.9. The van der Waals surface area contributed by atoms with Crippen molar-refractivity contribution in [2.24, 2.45) is 11.8 Å². The lowest BCUT2D eigenvalue weighted by Gasteiger charge is -2.20. The Morgan fingerprint density at radius 1 is 1.17 bits per heavy atom. The van der Waals surface area contributed by atoms with E-state index in [4.69, 9.17) is 4.55 Å². The number of carbonyl (C=O) groups excluding carboxylic acids is 1. The van der Waals surface area contributed by atoms with E-state index < -0.39 is 27.9 Å². The molecule has 0 spiro atoms. The van der Waals surface area contributed by atoms with Gasteiger partial charge in [0, 0.05) is 6.42 Å². The van der Waals surface area contributed by atoms with Gasteiger partial charge in [0.1, 0.15) is 0 Å². The summed E-state index contributed by atoms with van der Waals surface area (Å²) in [7, 11) is -5.57. The van der Waals surface area contributed by atoms with Gasteiger partial charge in [-0.05, 0) is 18.3 Å². The van der Waals surface area contributed by atoms with E-state index >= 15 is 0 Å². The Labute approximate surface area is 137 Å². The van der Waals surface area contributed by atoms with Crippen LogP contribution in [0.5, 0.6) is 0 Å². The zero-order valence-electron chi connectivity index (χ0n) is 14.1. The molecule has 0 aliphatic heterocycles. The van der Waals surface area contributed by atoms with Gasteiger partial charge in [0.25, 0.3) is 0 Å². The van der Waals surface area contributed by atoms with Gasteiger partial charge in [-0.15, -0.1) is 0 Å². The number of esters is 1. The molecule has 0 saturated heterocycles. The van der Waals surface area contributed by atoms with E-state index in [9.17, 15) is 22.0 Å². The van der Waals surface area contributed by atoms with Gasteiger partial charge in [0.15, 0.2) is 6.61 Å². The highest BCUT2D eigenvalue weighted by atomic mass is 32.2. The Morgan fingerprint density at radius 3 is 2.26 bits per heavy atom. The zero-order chi connectivity index (χ0) is 18.1. The minimum atomic E-state index is -5.57. The third-order valence-corrected chi connectivity index (χ3v) is 4.74. The standard InChI is InChI=1S/C15H28F2O5S/c1-4-5-6-7-8-13(12(2)3)9-10-14(18)22-11-15(16,17)23(19,20)21/h12-13H,4-11H2,1-3H3,(H,19,20,21). The monoisotopic (exact) mass is 358 g/mol. The second-order valence-electron chi connectivity index (χ2n) is 6.17. The van der Waals surface area contributed by atoms with E-state index in [1.165, 1.54) is 0 Å². The van der Waals surface area contributed by atoms with Crippen molar-refractivity contribution in [3.63, 3.8) is 0 Å². The molecule has 0 saturated carbocycles. The fraction of sp³-hybridized carbons (Fsp3) is 0.933. The number of rotatable bonds is 12. The predicted molar refractivity (Wildman–Crippen MR) is 83.8 cm³/mol. The van der Waals surface area contributed by atoms with Crippen LogP contribution in [-0.4, -0.2) is 30.8 Å². The lowest BCUT2D eigenvalue weighted by Crippen LogP contribution is -2.34. The van der Waals surface area contributed by atoms with Crippen LogP contribution in [0.15, 0.2) is 0 Å². The molecule has 0 bridgehead atoms. The fourth-order valence-electron chi connectivity index (χ4n) is 2.26. The number of hydrogen-bond acceptors (Lipinski definition) is 4. The highest BCUT2D eigenvalue weighted by Crippen LogP contribution is 2.25. The van der Waals surface area contributed by atoms with Gasteiger partial charge in [0.05, 0.1) is 0 Å². The van der Waals surface area contributed by atoms with Crippen LogP contribution in [-0.2, 0) is 19.6 Å². The van der Waals surface area contributed by atoms with Gasteiger partial charge >= 0.3 is 21.3 Å². The molecular formula is C15H28F2O5S. The molecule has 5 nitrogen and oxygen atoms in total. The summed E-state index contributed by atoms with van der Waals surface area (Å²) in [6, 6.07) is 0. The average Bonchev–Trinajstić information content (AvgIpc) is 2.42. The van der Waals surface area contributed by atoms with Gasteiger partial charge < -0.3 is 4.74 Å². The Hall–Kier alpha value is -0.760. The molecule has 1 atom stereocenters. The summed E-state index contributed by atoms with van der Waals surface area (Å²) in [5.74, 6) is -0.224. The summed E-state index contributed by atoms with van der Waals surface area (Å²) in [5, 5.41) is -4.47.